The molecule has 2 aromatic heterocycles. The molecule has 132 valence electrons. The highest BCUT2D eigenvalue weighted by Crippen LogP contribution is 2.44. The lowest BCUT2D eigenvalue weighted by molar-refractivity contribution is -0.128. The summed E-state index contributed by atoms with van der Waals surface area (Å²) in [5.41, 5.74) is 4.83. The molecular formula is C19H22N2OS3. The fourth-order valence-electron chi connectivity index (χ4n) is 3.73. The Morgan fingerprint density at radius 2 is 2.08 bits per heavy atom. The zero-order chi connectivity index (χ0) is 17.6. The maximum absolute atomic E-state index is 12.7. The molecule has 0 saturated heterocycles. The second kappa shape index (κ2) is 6.71. The number of thioether (sulfide) groups is 2. The summed E-state index contributed by atoms with van der Waals surface area (Å²) in [6, 6.07) is 0. The van der Waals surface area contributed by atoms with Gasteiger partial charge < -0.3 is 0 Å². The third-order valence-electron chi connectivity index (χ3n) is 5.24. The molecule has 3 nitrogen and oxygen atoms in total. The summed E-state index contributed by atoms with van der Waals surface area (Å²) in [6.45, 7) is 4.14. The Morgan fingerprint density at radius 3 is 2.88 bits per heavy atom. The average molecular weight is 391 g/mol. The maximum atomic E-state index is 12.7. The van der Waals surface area contributed by atoms with Crippen LogP contribution in [0, 0.1) is 5.41 Å². The van der Waals surface area contributed by atoms with Crippen LogP contribution >= 0.6 is 34.9 Å². The first-order valence-electron chi connectivity index (χ1n) is 8.71. The number of aromatic nitrogens is 2. The Hall–Kier alpha value is -0.850. The molecule has 2 aromatic rings. The summed E-state index contributed by atoms with van der Waals surface area (Å²) in [7, 11) is 0. The van der Waals surface area contributed by atoms with Crippen LogP contribution in [0.15, 0.2) is 20.9 Å². The number of aryl methyl sites for hydroxylation is 2. The summed E-state index contributed by atoms with van der Waals surface area (Å²) >= 11 is 5.17. The lowest BCUT2D eigenvalue weighted by atomic mass is 9.76. The molecular weight excluding hydrogens is 368 g/mol. The van der Waals surface area contributed by atoms with Gasteiger partial charge in [-0.3, -0.25) is 4.79 Å². The van der Waals surface area contributed by atoms with Crippen molar-refractivity contribution < 1.29 is 4.79 Å². The first kappa shape index (κ1) is 17.6. The molecule has 2 heterocycles. The van der Waals surface area contributed by atoms with Crippen LogP contribution in [0.25, 0.3) is 11.3 Å². The van der Waals surface area contributed by atoms with Crippen molar-refractivity contribution in [2.45, 2.75) is 60.6 Å². The maximum Gasteiger partial charge on any atom is 0.188 e. The summed E-state index contributed by atoms with van der Waals surface area (Å²) in [4.78, 5) is 22.2. The van der Waals surface area contributed by atoms with E-state index in [9.17, 15) is 4.79 Å². The second-order valence-corrected chi connectivity index (χ2v) is 10.5. The lowest BCUT2D eigenvalue weighted by Crippen LogP contribution is -2.37. The first-order chi connectivity index (χ1) is 12.0. The highest BCUT2D eigenvalue weighted by molar-refractivity contribution is 8.00. The van der Waals surface area contributed by atoms with Gasteiger partial charge in [0.05, 0.1) is 15.2 Å². The summed E-state index contributed by atoms with van der Waals surface area (Å²) < 4.78 is 1.33. The molecule has 0 radical (unpaired) electrons. The summed E-state index contributed by atoms with van der Waals surface area (Å²) in [5.74, 6) is 0.353. The summed E-state index contributed by atoms with van der Waals surface area (Å²) in [5, 5.41) is 3.01. The van der Waals surface area contributed by atoms with Crippen LogP contribution in [-0.4, -0.2) is 27.3 Å². The van der Waals surface area contributed by atoms with Crippen molar-refractivity contribution in [2.75, 3.05) is 6.26 Å². The highest BCUT2D eigenvalue weighted by Gasteiger charge is 2.38. The zero-order valence-corrected chi connectivity index (χ0v) is 17.2. The Kier molecular flexibility index (Phi) is 4.71. The van der Waals surface area contributed by atoms with Crippen molar-refractivity contribution in [3.8, 4) is 11.3 Å². The average Bonchev–Trinajstić information content (AvgIpc) is 3.02. The monoisotopic (exact) mass is 390 g/mol. The number of ketones is 1. The minimum Gasteiger partial charge on any atom is -0.298 e. The number of carbonyl (C=O) groups excluding carboxylic acids is 1. The van der Waals surface area contributed by atoms with Gasteiger partial charge in [-0.15, -0.1) is 23.1 Å². The molecule has 0 bridgehead atoms. The number of hydrogen-bond acceptors (Lipinski definition) is 6. The van der Waals surface area contributed by atoms with Crippen LogP contribution in [0.1, 0.15) is 44.2 Å². The molecule has 25 heavy (non-hydrogen) atoms. The van der Waals surface area contributed by atoms with Gasteiger partial charge in [0.25, 0.3) is 0 Å². The van der Waals surface area contributed by atoms with Gasteiger partial charge in [0, 0.05) is 17.2 Å². The van der Waals surface area contributed by atoms with Crippen molar-refractivity contribution in [2.24, 2.45) is 5.41 Å². The first-order valence-corrected chi connectivity index (χ1v) is 11.7. The normalized spacial score (nSPS) is 21.7. The van der Waals surface area contributed by atoms with Gasteiger partial charge in [0.15, 0.2) is 10.9 Å². The van der Waals surface area contributed by atoms with Crippen molar-refractivity contribution in [1.82, 2.24) is 9.97 Å². The van der Waals surface area contributed by atoms with Gasteiger partial charge in [0.2, 0.25) is 0 Å². The Labute approximate surface area is 161 Å². The molecule has 1 unspecified atom stereocenters. The van der Waals surface area contributed by atoms with Crippen LogP contribution in [-0.2, 0) is 17.6 Å². The molecule has 0 amide bonds. The molecule has 4 rings (SSSR count). The molecule has 0 aromatic carbocycles. The van der Waals surface area contributed by atoms with Crippen LogP contribution < -0.4 is 0 Å². The summed E-state index contributed by atoms with van der Waals surface area (Å²) in [6.07, 6.45) is 9.22. The third-order valence-corrected chi connectivity index (χ3v) is 8.56. The molecule has 1 atom stereocenters. The fourth-order valence-corrected chi connectivity index (χ4v) is 6.75. The number of thiophene rings is 1. The quantitative estimate of drug-likeness (QED) is 0.528. The number of nitrogens with zero attached hydrogens (tertiary/aromatic N) is 2. The predicted octanol–water partition coefficient (Wildman–Crippen LogP) is 5.27. The van der Waals surface area contributed by atoms with E-state index in [2.05, 4.69) is 30.5 Å². The van der Waals surface area contributed by atoms with Crippen LogP contribution in [0.5, 0.6) is 0 Å². The molecule has 6 heteroatoms. The van der Waals surface area contributed by atoms with Crippen molar-refractivity contribution in [1.29, 1.82) is 0 Å². The van der Waals surface area contributed by atoms with E-state index in [0.717, 1.165) is 43.0 Å². The van der Waals surface area contributed by atoms with E-state index in [4.69, 9.17) is 4.98 Å². The van der Waals surface area contributed by atoms with Crippen molar-refractivity contribution in [3.05, 3.63) is 22.7 Å². The number of carbonyl (C=O) groups is 1. The van der Waals surface area contributed by atoms with E-state index in [-0.39, 0.29) is 10.7 Å². The Morgan fingerprint density at radius 1 is 1.28 bits per heavy atom. The molecule has 1 fully saturated rings. The molecule has 0 aliphatic heterocycles. The van der Waals surface area contributed by atoms with E-state index in [0.29, 0.717) is 5.78 Å². The molecule has 0 N–H and O–H groups in total. The lowest BCUT2D eigenvalue weighted by Gasteiger charge is -2.32. The van der Waals surface area contributed by atoms with Gasteiger partial charge in [-0.1, -0.05) is 32.0 Å². The topological polar surface area (TPSA) is 42.9 Å². The predicted molar refractivity (Wildman–Crippen MR) is 107 cm³/mol. The minimum absolute atomic E-state index is 0.00708. The van der Waals surface area contributed by atoms with E-state index >= 15 is 0 Å². The van der Waals surface area contributed by atoms with Gasteiger partial charge in [-0.2, -0.15) is 0 Å². The molecule has 2 aliphatic rings. The standard InChI is InChI=1S/C19H22N2OS3/c1-19(2)8-4-5-13(16(19)22)25-18-20-9-11-6-7-12-10-24-17(23-3)14(12)15(11)21-18/h9-10,13H,4-8H2,1-3H3. The number of fused-ring (bicyclic) bond motifs is 3. The number of Topliss-reactive ketones (excluding diaryl/α,β-unsaturated/α-hetero) is 1. The molecule has 2 aliphatic carbocycles. The smallest absolute Gasteiger partial charge is 0.188 e. The Bertz CT molecular complexity index is 815. The van der Waals surface area contributed by atoms with Crippen LogP contribution in [0.2, 0.25) is 0 Å². The fraction of sp³-hybridized carbons (Fsp3) is 0.526. The van der Waals surface area contributed by atoms with Gasteiger partial charge in [0.1, 0.15) is 0 Å². The van der Waals surface area contributed by atoms with Gasteiger partial charge >= 0.3 is 0 Å². The minimum atomic E-state index is -0.212. The van der Waals surface area contributed by atoms with E-state index in [1.54, 1.807) is 23.5 Å². The van der Waals surface area contributed by atoms with E-state index in [1.165, 1.54) is 20.9 Å². The van der Waals surface area contributed by atoms with Crippen molar-refractivity contribution >= 4 is 40.6 Å². The number of rotatable bonds is 3. The zero-order valence-electron chi connectivity index (χ0n) is 14.8. The van der Waals surface area contributed by atoms with E-state index in [1.807, 2.05) is 17.5 Å². The SMILES string of the molecule is CSc1scc2c1-c1nc(SC3CCCC(C)(C)C3=O)ncc1CC2. The largest absolute Gasteiger partial charge is 0.298 e. The van der Waals surface area contributed by atoms with Gasteiger partial charge in [-0.25, -0.2) is 9.97 Å². The van der Waals surface area contributed by atoms with E-state index < -0.39 is 0 Å². The van der Waals surface area contributed by atoms with Crippen LogP contribution in [0.3, 0.4) is 0 Å². The number of hydrogen-bond donors (Lipinski definition) is 0. The van der Waals surface area contributed by atoms with Crippen LogP contribution in [0.4, 0.5) is 0 Å². The van der Waals surface area contributed by atoms with Gasteiger partial charge in [-0.05, 0) is 48.4 Å². The Balaban J connectivity index is 1.66. The second-order valence-electron chi connectivity index (χ2n) is 7.40. The third kappa shape index (κ3) is 3.17. The highest BCUT2D eigenvalue weighted by atomic mass is 32.2. The molecule has 1 saturated carbocycles. The molecule has 0 spiro atoms. The van der Waals surface area contributed by atoms with Crippen molar-refractivity contribution in [3.63, 3.8) is 0 Å².